The summed E-state index contributed by atoms with van der Waals surface area (Å²) in [6, 6.07) is 6.22. The first kappa shape index (κ1) is 13.5. The highest BCUT2D eigenvalue weighted by atomic mass is 16.5. The summed E-state index contributed by atoms with van der Waals surface area (Å²) >= 11 is 0. The molecule has 0 radical (unpaired) electrons. The Bertz CT molecular complexity index is 536. The minimum Gasteiger partial charge on any atom is -0.496 e. The molecule has 1 heterocycles. The summed E-state index contributed by atoms with van der Waals surface area (Å²) in [6.07, 6.45) is 1.80. The monoisotopic (exact) mass is 260 g/mol. The van der Waals surface area contributed by atoms with Crippen LogP contribution < -0.4 is 10.1 Å². The molecule has 102 valence electrons. The van der Waals surface area contributed by atoms with E-state index in [0.29, 0.717) is 0 Å². The van der Waals surface area contributed by atoms with Crippen LogP contribution in [0.3, 0.4) is 0 Å². The number of benzene rings is 1. The summed E-state index contributed by atoms with van der Waals surface area (Å²) in [5, 5.41) is 11.3. The largest absolute Gasteiger partial charge is 0.496 e. The molecule has 19 heavy (non-hydrogen) atoms. The number of aromatic nitrogens is 3. The highest BCUT2D eigenvalue weighted by Gasteiger charge is 2.03. The van der Waals surface area contributed by atoms with Gasteiger partial charge in [0.2, 0.25) is 0 Å². The van der Waals surface area contributed by atoms with Gasteiger partial charge < -0.3 is 10.1 Å². The molecule has 0 saturated heterocycles. The Morgan fingerprint density at radius 3 is 2.84 bits per heavy atom. The molecule has 5 heteroatoms. The second-order valence-corrected chi connectivity index (χ2v) is 4.45. The van der Waals surface area contributed by atoms with Gasteiger partial charge in [-0.3, -0.25) is 0 Å². The zero-order valence-corrected chi connectivity index (χ0v) is 11.7. The third-order valence-corrected chi connectivity index (χ3v) is 3.09. The lowest BCUT2D eigenvalue weighted by atomic mass is 10.1. The molecule has 5 nitrogen and oxygen atoms in total. The molecule has 0 atom stereocenters. The van der Waals surface area contributed by atoms with E-state index >= 15 is 0 Å². The standard InChI is InChI=1S/C14H20N4O/c1-4-18-13(10-16-17-18)9-15-8-12-5-6-14(19-3)11(2)7-12/h5-7,10,15H,4,8-9H2,1-3H3. The number of ether oxygens (including phenoxy) is 1. The minimum atomic E-state index is 0.770. The normalized spacial score (nSPS) is 10.7. The predicted molar refractivity (Wildman–Crippen MR) is 74.0 cm³/mol. The molecule has 1 aromatic carbocycles. The van der Waals surface area contributed by atoms with Crippen LogP contribution >= 0.6 is 0 Å². The number of hydrogen-bond acceptors (Lipinski definition) is 4. The highest BCUT2D eigenvalue weighted by Crippen LogP contribution is 2.18. The van der Waals surface area contributed by atoms with Crippen LogP contribution in [0.5, 0.6) is 5.75 Å². The average molecular weight is 260 g/mol. The third kappa shape index (κ3) is 3.32. The van der Waals surface area contributed by atoms with Gasteiger partial charge in [0.05, 0.1) is 19.0 Å². The molecule has 2 aromatic rings. The number of nitrogens with one attached hydrogen (secondary N) is 1. The Kier molecular flexibility index (Phi) is 4.52. The van der Waals surface area contributed by atoms with E-state index < -0.39 is 0 Å². The number of aryl methyl sites for hydroxylation is 2. The molecule has 0 aliphatic carbocycles. The molecule has 0 fully saturated rings. The molecule has 1 N–H and O–H groups in total. The van der Waals surface area contributed by atoms with E-state index in [2.05, 4.69) is 41.6 Å². The lowest BCUT2D eigenvalue weighted by Gasteiger charge is -2.09. The molecule has 0 amide bonds. The van der Waals surface area contributed by atoms with Crippen LogP contribution in [0, 0.1) is 6.92 Å². The Morgan fingerprint density at radius 2 is 2.16 bits per heavy atom. The van der Waals surface area contributed by atoms with E-state index in [9.17, 15) is 0 Å². The molecule has 1 aromatic heterocycles. The van der Waals surface area contributed by atoms with Gasteiger partial charge in [-0.15, -0.1) is 5.10 Å². The Balaban J connectivity index is 1.91. The smallest absolute Gasteiger partial charge is 0.121 e. The predicted octanol–water partition coefficient (Wildman–Crippen LogP) is 1.90. The molecule has 0 bridgehead atoms. The lowest BCUT2D eigenvalue weighted by molar-refractivity contribution is 0.411. The van der Waals surface area contributed by atoms with Crippen molar-refractivity contribution in [3.63, 3.8) is 0 Å². The Hall–Kier alpha value is -1.88. The van der Waals surface area contributed by atoms with Crippen LogP contribution in [-0.4, -0.2) is 22.1 Å². The summed E-state index contributed by atoms with van der Waals surface area (Å²) in [5.41, 5.74) is 3.50. The number of methoxy groups -OCH3 is 1. The summed E-state index contributed by atoms with van der Waals surface area (Å²) in [7, 11) is 1.69. The molecule has 0 aliphatic rings. The topological polar surface area (TPSA) is 52.0 Å². The first-order valence-corrected chi connectivity index (χ1v) is 6.46. The number of rotatable bonds is 6. The second-order valence-electron chi connectivity index (χ2n) is 4.45. The molecule has 2 rings (SSSR count). The van der Waals surface area contributed by atoms with Crippen molar-refractivity contribution in [1.82, 2.24) is 20.3 Å². The summed E-state index contributed by atoms with van der Waals surface area (Å²) < 4.78 is 7.15. The zero-order chi connectivity index (χ0) is 13.7. The third-order valence-electron chi connectivity index (χ3n) is 3.09. The van der Waals surface area contributed by atoms with Crippen molar-refractivity contribution in [3.8, 4) is 5.75 Å². The molecule has 0 spiro atoms. The maximum atomic E-state index is 5.25. The molecule has 0 aliphatic heterocycles. The van der Waals surface area contributed by atoms with E-state index in [0.717, 1.165) is 36.6 Å². The van der Waals surface area contributed by atoms with Gasteiger partial charge in [0.1, 0.15) is 5.75 Å². The quantitative estimate of drug-likeness (QED) is 0.862. The molecule has 0 saturated carbocycles. The molecular weight excluding hydrogens is 240 g/mol. The maximum Gasteiger partial charge on any atom is 0.121 e. The van der Waals surface area contributed by atoms with Crippen molar-refractivity contribution >= 4 is 0 Å². The van der Waals surface area contributed by atoms with Crippen LogP contribution in [0.4, 0.5) is 0 Å². The van der Waals surface area contributed by atoms with Crippen LogP contribution in [0.1, 0.15) is 23.7 Å². The second kappa shape index (κ2) is 6.33. The van der Waals surface area contributed by atoms with Crippen molar-refractivity contribution in [2.24, 2.45) is 0 Å². The fourth-order valence-corrected chi connectivity index (χ4v) is 2.07. The van der Waals surface area contributed by atoms with Crippen LogP contribution in [0.25, 0.3) is 0 Å². The van der Waals surface area contributed by atoms with Crippen molar-refractivity contribution in [2.75, 3.05) is 7.11 Å². The molecular formula is C14H20N4O. The SMILES string of the molecule is CCn1nncc1CNCc1ccc(OC)c(C)c1. The van der Waals surface area contributed by atoms with Crippen molar-refractivity contribution in [1.29, 1.82) is 0 Å². The van der Waals surface area contributed by atoms with Gasteiger partial charge in [-0.1, -0.05) is 17.3 Å². The first-order valence-electron chi connectivity index (χ1n) is 6.46. The fourth-order valence-electron chi connectivity index (χ4n) is 2.07. The highest BCUT2D eigenvalue weighted by molar-refractivity contribution is 5.36. The maximum absolute atomic E-state index is 5.25. The Morgan fingerprint density at radius 1 is 1.32 bits per heavy atom. The summed E-state index contributed by atoms with van der Waals surface area (Å²) in [6.45, 7) is 6.55. The average Bonchev–Trinajstić information content (AvgIpc) is 2.86. The number of nitrogens with zero attached hydrogens (tertiary/aromatic N) is 3. The number of hydrogen-bond donors (Lipinski definition) is 1. The van der Waals surface area contributed by atoms with E-state index in [-0.39, 0.29) is 0 Å². The van der Waals surface area contributed by atoms with E-state index in [1.54, 1.807) is 13.3 Å². The summed E-state index contributed by atoms with van der Waals surface area (Å²) in [5.74, 6) is 0.928. The van der Waals surface area contributed by atoms with Crippen molar-refractivity contribution in [2.45, 2.75) is 33.5 Å². The first-order chi connectivity index (χ1) is 9.24. The van der Waals surface area contributed by atoms with Gasteiger partial charge in [-0.2, -0.15) is 0 Å². The van der Waals surface area contributed by atoms with Gasteiger partial charge in [-0.05, 0) is 31.0 Å². The zero-order valence-electron chi connectivity index (χ0n) is 11.7. The van der Waals surface area contributed by atoms with Crippen molar-refractivity contribution < 1.29 is 4.74 Å². The molecule has 0 unspecified atom stereocenters. The lowest BCUT2D eigenvalue weighted by Crippen LogP contribution is -2.16. The van der Waals surface area contributed by atoms with Gasteiger partial charge in [-0.25, -0.2) is 4.68 Å². The van der Waals surface area contributed by atoms with E-state index in [4.69, 9.17) is 4.74 Å². The van der Waals surface area contributed by atoms with Gasteiger partial charge >= 0.3 is 0 Å². The van der Waals surface area contributed by atoms with Crippen LogP contribution in [-0.2, 0) is 19.6 Å². The van der Waals surface area contributed by atoms with Gasteiger partial charge in [0.15, 0.2) is 0 Å². The van der Waals surface area contributed by atoms with Gasteiger partial charge in [0.25, 0.3) is 0 Å². The Labute approximate surface area is 113 Å². The van der Waals surface area contributed by atoms with E-state index in [1.165, 1.54) is 5.56 Å². The summed E-state index contributed by atoms with van der Waals surface area (Å²) in [4.78, 5) is 0. The van der Waals surface area contributed by atoms with Gasteiger partial charge in [0, 0.05) is 19.6 Å². The van der Waals surface area contributed by atoms with Crippen LogP contribution in [0.2, 0.25) is 0 Å². The van der Waals surface area contributed by atoms with E-state index in [1.807, 2.05) is 10.7 Å². The van der Waals surface area contributed by atoms with Crippen molar-refractivity contribution in [3.05, 3.63) is 41.2 Å². The fraction of sp³-hybridized carbons (Fsp3) is 0.429. The minimum absolute atomic E-state index is 0.770. The van der Waals surface area contributed by atoms with Crippen LogP contribution in [0.15, 0.2) is 24.4 Å².